The van der Waals surface area contributed by atoms with E-state index in [-0.39, 0.29) is 5.82 Å². The van der Waals surface area contributed by atoms with E-state index in [0.29, 0.717) is 5.41 Å². The first kappa shape index (κ1) is 11.2. The van der Waals surface area contributed by atoms with Crippen molar-refractivity contribution >= 4 is 0 Å². The summed E-state index contributed by atoms with van der Waals surface area (Å²) in [6.45, 7) is 1.09. The van der Waals surface area contributed by atoms with Crippen LogP contribution in [0.5, 0.6) is 0 Å². The summed E-state index contributed by atoms with van der Waals surface area (Å²) in [6.07, 6.45) is 5.27. The second kappa shape index (κ2) is 4.09. The zero-order chi connectivity index (χ0) is 11.9. The van der Waals surface area contributed by atoms with Crippen molar-refractivity contribution in [2.24, 2.45) is 17.3 Å². The standard InChI is InChI=1S/C15H20FN/c1-17-10-15(8-12-6-13(12)9-15)7-11-2-4-14(16)5-3-11/h2-5,12-13,17H,6-10H2,1H3. The van der Waals surface area contributed by atoms with Gasteiger partial charge in [-0.2, -0.15) is 0 Å². The number of nitrogens with one attached hydrogen (secondary N) is 1. The first-order chi connectivity index (χ1) is 8.21. The number of hydrogen-bond donors (Lipinski definition) is 1. The highest BCUT2D eigenvalue weighted by Gasteiger charge is 2.53. The van der Waals surface area contributed by atoms with E-state index in [9.17, 15) is 4.39 Å². The molecule has 0 spiro atoms. The van der Waals surface area contributed by atoms with E-state index in [0.717, 1.165) is 24.8 Å². The molecule has 17 heavy (non-hydrogen) atoms. The van der Waals surface area contributed by atoms with E-state index in [1.54, 1.807) is 12.1 Å². The molecule has 1 aromatic carbocycles. The highest BCUT2D eigenvalue weighted by atomic mass is 19.1. The first-order valence-electron chi connectivity index (χ1n) is 6.60. The zero-order valence-corrected chi connectivity index (χ0v) is 10.4. The van der Waals surface area contributed by atoms with Crippen LogP contribution >= 0.6 is 0 Å². The molecule has 0 aliphatic heterocycles. The molecule has 0 aromatic heterocycles. The zero-order valence-electron chi connectivity index (χ0n) is 10.4. The van der Waals surface area contributed by atoms with Crippen molar-refractivity contribution in [2.75, 3.05) is 13.6 Å². The van der Waals surface area contributed by atoms with Gasteiger partial charge < -0.3 is 5.32 Å². The third kappa shape index (κ3) is 2.23. The predicted octanol–water partition coefficient (Wildman–Crippen LogP) is 3.00. The number of fused-ring (bicyclic) bond motifs is 1. The Hall–Kier alpha value is -0.890. The Kier molecular flexibility index (Phi) is 2.70. The number of hydrogen-bond acceptors (Lipinski definition) is 1. The van der Waals surface area contributed by atoms with Crippen molar-refractivity contribution in [3.05, 3.63) is 35.6 Å². The van der Waals surface area contributed by atoms with Gasteiger partial charge in [0.05, 0.1) is 0 Å². The summed E-state index contributed by atoms with van der Waals surface area (Å²) in [5.41, 5.74) is 1.71. The molecule has 2 atom stereocenters. The lowest BCUT2D eigenvalue weighted by Crippen LogP contribution is -2.33. The Bertz CT molecular complexity index is 388. The van der Waals surface area contributed by atoms with Crippen molar-refractivity contribution in [3.63, 3.8) is 0 Å². The maximum Gasteiger partial charge on any atom is 0.123 e. The van der Waals surface area contributed by atoms with Crippen LogP contribution in [0.25, 0.3) is 0 Å². The van der Waals surface area contributed by atoms with Crippen LogP contribution in [0.1, 0.15) is 24.8 Å². The number of halogens is 1. The molecule has 2 aliphatic rings. The van der Waals surface area contributed by atoms with Gasteiger partial charge in [-0.15, -0.1) is 0 Å². The van der Waals surface area contributed by atoms with E-state index in [1.807, 2.05) is 19.2 Å². The van der Waals surface area contributed by atoms with Crippen LogP contribution in [0.15, 0.2) is 24.3 Å². The molecular formula is C15H20FN. The average molecular weight is 233 g/mol. The van der Waals surface area contributed by atoms with E-state index in [2.05, 4.69) is 5.32 Å². The SMILES string of the molecule is CNCC1(Cc2ccc(F)cc2)CC2CC2C1. The van der Waals surface area contributed by atoms with Gasteiger partial charge in [0.25, 0.3) is 0 Å². The van der Waals surface area contributed by atoms with Crippen molar-refractivity contribution in [1.29, 1.82) is 0 Å². The van der Waals surface area contributed by atoms with Gasteiger partial charge in [0.2, 0.25) is 0 Å². The smallest absolute Gasteiger partial charge is 0.123 e. The Morgan fingerprint density at radius 1 is 1.24 bits per heavy atom. The van der Waals surface area contributed by atoms with Crippen LogP contribution in [0.2, 0.25) is 0 Å². The monoisotopic (exact) mass is 233 g/mol. The third-order valence-electron chi connectivity index (χ3n) is 4.50. The van der Waals surface area contributed by atoms with Crippen LogP contribution in [-0.2, 0) is 6.42 Å². The van der Waals surface area contributed by atoms with Crippen LogP contribution in [-0.4, -0.2) is 13.6 Å². The summed E-state index contributed by atoms with van der Waals surface area (Å²) in [7, 11) is 2.04. The molecule has 2 saturated carbocycles. The Morgan fingerprint density at radius 2 is 1.88 bits per heavy atom. The normalized spacial score (nSPS) is 34.7. The third-order valence-corrected chi connectivity index (χ3v) is 4.50. The molecule has 0 amide bonds. The Labute approximate surface area is 102 Å². The van der Waals surface area contributed by atoms with Crippen molar-refractivity contribution in [3.8, 4) is 0 Å². The first-order valence-corrected chi connectivity index (χ1v) is 6.60. The predicted molar refractivity (Wildman–Crippen MR) is 67.3 cm³/mol. The second-order valence-electron chi connectivity index (χ2n) is 6.00. The Morgan fingerprint density at radius 3 is 2.47 bits per heavy atom. The second-order valence-corrected chi connectivity index (χ2v) is 6.00. The summed E-state index contributed by atoms with van der Waals surface area (Å²) in [6, 6.07) is 7.05. The molecule has 2 fully saturated rings. The molecule has 1 nitrogen and oxygen atoms in total. The van der Waals surface area contributed by atoms with Gasteiger partial charge >= 0.3 is 0 Å². The summed E-state index contributed by atoms with van der Waals surface area (Å²) < 4.78 is 12.9. The summed E-state index contributed by atoms with van der Waals surface area (Å²) in [5, 5.41) is 3.35. The largest absolute Gasteiger partial charge is 0.319 e. The van der Waals surface area contributed by atoms with E-state index in [4.69, 9.17) is 0 Å². The van der Waals surface area contributed by atoms with E-state index in [1.165, 1.54) is 24.8 Å². The highest BCUT2D eigenvalue weighted by molar-refractivity contribution is 5.20. The average Bonchev–Trinajstić information content (AvgIpc) is 2.91. The fourth-order valence-electron chi connectivity index (χ4n) is 3.77. The number of rotatable bonds is 4. The minimum absolute atomic E-state index is 0.134. The molecule has 1 aromatic rings. The van der Waals surface area contributed by atoms with Crippen LogP contribution in [0, 0.1) is 23.1 Å². The van der Waals surface area contributed by atoms with Gasteiger partial charge in [-0.1, -0.05) is 12.1 Å². The van der Waals surface area contributed by atoms with Gasteiger partial charge in [0, 0.05) is 6.54 Å². The molecule has 2 aliphatic carbocycles. The van der Waals surface area contributed by atoms with Crippen LogP contribution in [0.3, 0.4) is 0 Å². The lowest BCUT2D eigenvalue weighted by molar-refractivity contribution is 0.255. The molecule has 1 N–H and O–H groups in total. The van der Waals surface area contributed by atoms with Crippen molar-refractivity contribution in [1.82, 2.24) is 5.32 Å². The van der Waals surface area contributed by atoms with E-state index < -0.39 is 0 Å². The summed E-state index contributed by atoms with van der Waals surface area (Å²) >= 11 is 0. The molecule has 2 unspecified atom stereocenters. The molecule has 3 rings (SSSR count). The molecule has 92 valence electrons. The molecule has 0 bridgehead atoms. The summed E-state index contributed by atoms with van der Waals surface area (Å²) in [4.78, 5) is 0. The van der Waals surface area contributed by atoms with E-state index >= 15 is 0 Å². The fourth-order valence-corrected chi connectivity index (χ4v) is 3.77. The lowest BCUT2D eigenvalue weighted by atomic mass is 9.77. The van der Waals surface area contributed by atoms with Crippen molar-refractivity contribution in [2.45, 2.75) is 25.7 Å². The lowest BCUT2D eigenvalue weighted by Gasteiger charge is -2.31. The molecular weight excluding hydrogens is 213 g/mol. The highest BCUT2D eigenvalue weighted by Crippen LogP contribution is 2.60. The quantitative estimate of drug-likeness (QED) is 0.843. The molecule has 0 heterocycles. The maximum absolute atomic E-state index is 12.9. The molecule has 0 radical (unpaired) electrons. The number of benzene rings is 1. The summed E-state index contributed by atoms with van der Waals surface area (Å²) in [5.74, 6) is 1.85. The van der Waals surface area contributed by atoms with Gasteiger partial charge in [0.15, 0.2) is 0 Å². The van der Waals surface area contributed by atoms with Gasteiger partial charge in [-0.05, 0) is 67.7 Å². The topological polar surface area (TPSA) is 12.0 Å². The Balaban J connectivity index is 1.74. The van der Waals surface area contributed by atoms with Gasteiger partial charge in [-0.25, -0.2) is 4.39 Å². The minimum Gasteiger partial charge on any atom is -0.319 e. The fraction of sp³-hybridized carbons (Fsp3) is 0.600. The molecule has 2 heteroatoms. The van der Waals surface area contributed by atoms with Gasteiger partial charge in [0.1, 0.15) is 5.82 Å². The van der Waals surface area contributed by atoms with Crippen molar-refractivity contribution < 1.29 is 4.39 Å². The molecule has 0 saturated heterocycles. The van der Waals surface area contributed by atoms with Crippen LogP contribution in [0.4, 0.5) is 4.39 Å². The van der Waals surface area contributed by atoms with Gasteiger partial charge in [-0.3, -0.25) is 0 Å². The maximum atomic E-state index is 12.9. The minimum atomic E-state index is -0.134. The van der Waals surface area contributed by atoms with Crippen LogP contribution < -0.4 is 5.32 Å².